The zero-order valence-corrected chi connectivity index (χ0v) is 19.7. The maximum atomic E-state index is 12.9. The summed E-state index contributed by atoms with van der Waals surface area (Å²) in [5.74, 6) is 1.11. The molecule has 0 spiro atoms. The van der Waals surface area contributed by atoms with E-state index in [1.165, 1.54) is 0 Å². The van der Waals surface area contributed by atoms with Gasteiger partial charge in [0.15, 0.2) is 0 Å². The number of morpholine rings is 1. The molecule has 32 heavy (non-hydrogen) atoms. The van der Waals surface area contributed by atoms with Crippen LogP contribution < -0.4 is 4.74 Å². The van der Waals surface area contributed by atoms with E-state index in [0.29, 0.717) is 56.7 Å². The maximum absolute atomic E-state index is 12.9. The van der Waals surface area contributed by atoms with Crippen molar-refractivity contribution in [3.05, 3.63) is 29.8 Å². The smallest absolute Gasteiger partial charge is 0.257 e. The van der Waals surface area contributed by atoms with Gasteiger partial charge < -0.3 is 24.2 Å². The number of carbonyl (C=O) groups excluding carboxylic acids is 1. The van der Waals surface area contributed by atoms with Gasteiger partial charge in [-0.25, -0.2) is 0 Å². The van der Waals surface area contributed by atoms with Crippen molar-refractivity contribution in [1.82, 2.24) is 14.7 Å². The molecule has 1 aromatic carbocycles. The minimum absolute atomic E-state index is 0.0239. The molecule has 0 radical (unpaired) electrons. The molecule has 8 nitrogen and oxygen atoms in total. The molecule has 8 heteroatoms. The van der Waals surface area contributed by atoms with Crippen LogP contribution in [-0.4, -0.2) is 117 Å². The van der Waals surface area contributed by atoms with Crippen LogP contribution in [0.5, 0.6) is 5.75 Å². The first-order valence-electron chi connectivity index (χ1n) is 11.7. The minimum Gasteiger partial charge on any atom is -0.496 e. The van der Waals surface area contributed by atoms with E-state index in [0.717, 1.165) is 32.7 Å². The normalized spacial score (nSPS) is 21.7. The van der Waals surface area contributed by atoms with Crippen molar-refractivity contribution in [2.24, 2.45) is 5.92 Å². The number of aliphatic hydroxyl groups excluding tert-OH is 1. The molecule has 2 aliphatic heterocycles. The molecule has 2 aliphatic rings. The Morgan fingerprint density at radius 1 is 1.12 bits per heavy atom. The highest BCUT2D eigenvalue weighted by Gasteiger charge is 2.28. The van der Waals surface area contributed by atoms with Gasteiger partial charge in [0.25, 0.3) is 5.91 Å². The Morgan fingerprint density at radius 2 is 1.88 bits per heavy atom. The molecular weight excluding hydrogens is 410 g/mol. The van der Waals surface area contributed by atoms with E-state index in [4.69, 9.17) is 14.2 Å². The van der Waals surface area contributed by atoms with E-state index < -0.39 is 6.10 Å². The second-order valence-corrected chi connectivity index (χ2v) is 9.13. The van der Waals surface area contributed by atoms with Crippen LogP contribution in [0.15, 0.2) is 24.3 Å². The third-order valence-electron chi connectivity index (χ3n) is 5.91. The van der Waals surface area contributed by atoms with Crippen molar-refractivity contribution >= 4 is 5.91 Å². The van der Waals surface area contributed by atoms with Gasteiger partial charge in [-0.2, -0.15) is 0 Å². The molecular formula is C24H39N3O5. The number of para-hydroxylation sites is 1. The lowest BCUT2D eigenvalue weighted by Gasteiger charge is -2.39. The molecule has 0 aliphatic carbocycles. The van der Waals surface area contributed by atoms with Crippen molar-refractivity contribution in [3.63, 3.8) is 0 Å². The predicted octanol–water partition coefficient (Wildman–Crippen LogP) is 1.19. The van der Waals surface area contributed by atoms with E-state index in [9.17, 15) is 9.90 Å². The van der Waals surface area contributed by atoms with E-state index in [1.807, 2.05) is 29.2 Å². The van der Waals surface area contributed by atoms with Crippen LogP contribution in [0.1, 0.15) is 24.2 Å². The van der Waals surface area contributed by atoms with Gasteiger partial charge in [0.05, 0.1) is 38.1 Å². The van der Waals surface area contributed by atoms with Gasteiger partial charge in [0.1, 0.15) is 5.75 Å². The number of aliphatic hydroxyl groups is 1. The molecule has 0 saturated carbocycles. The Hall–Kier alpha value is -1.71. The summed E-state index contributed by atoms with van der Waals surface area (Å²) in [6.07, 6.45) is -0.360. The first-order valence-corrected chi connectivity index (χ1v) is 11.7. The fourth-order valence-corrected chi connectivity index (χ4v) is 4.26. The fraction of sp³-hybridized carbons (Fsp3) is 0.708. The molecule has 3 rings (SSSR count). The summed E-state index contributed by atoms with van der Waals surface area (Å²) in [7, 11) is 1.59. The Labute approximate surface area is 192 Å². The molecule has 2 heterocycles. The van der Waals surface area contributed by atoms with Crippen LogP contribution in [-0.2, 0) is 9.47 Å². The largest absolute Gasteiger partial charge is 0.496 e. The molecule has 1 aromatic rings. The van der Waals surface area contributed by atoms with E-state index >= 15 is 0 Å². The lowest BCUT2D eigenvalue weighted by Crippen LogP contribution is -2.54. The average molecular weight is 450 g/mol. The van der Waals surface area contributed by atoms with Crippen LogP contribution in [0.2, 0.25) is 0 Å². The summed E-state index contributed by atoms with van der Waals surface area (Å²) in [5, 5.41) is 10.3. The number of benzene rings is 1. The molecule has 1 N–H and O–H groups in total. The van der Waals surface area contributed by atoms with Gasteiger partial charge in [-0.1, -0.05) is 26.0 Å². The number of amides is 1. The number of carbonyl (C=O) groups is 1. The van der Waals surface area contributed by atoms with Crippen molar-refractivity contribution in [3.8, 4) is 5.75 Å². The van der Waals surface area contributed by atoms with Gasteiger partial charge in [0, 0.05) is 59.0 Å². The summed E-state index contributed by atoms with van der Waals surface area (Å²) in [4.78, 5) is 19.4. The summed E-state index contributed by atoms with van der Waals surface area (Å²) in [5.41, 5.74) is 0.616. The molecule has 2 saturated heterocycles. The van der Waals surface area contributed by atoms with E-state index in [2.05, 4.69) is 23.6 Å². The first kappa shape index (κ1) is 24.9. The van der Waals surface area contributed by atoms with Crippen LogP contribution in [0.25, 0.3) is 0 Å². The highest BCUT2D eigenvalue weighted by atomic mass is 16.5. The third-order valence-corrected chi connectivity index (χ3v) is 5.91. The zero-order valence-electron chi connectivity index (χ0n) is 19.7. The van der Waals surface area contributed by atoms with Crippen LogP contribution in [0.4, 0.5) is 0 Å². The van der Waals surface area contributed by atoms with Gasteiger partial charge >= 0.3 is 0 Å². The van der Waals surface area contributed by atoms with Crippen LogP contribution >= 0.6 is 0 Å². The number of β-amino-alcohol motifs (C(OH)–C–C–N with tert-alkyl or cyclic N) is 1. The van der Waals surface area contributed by atoms with Crippen molar-refractivity contribution in [1.29, 1.82) is 0 Å². The highest BCUT2D eigenvalue weighted by Crippen LogP contribution is 2.20. The Balaban J connectivity index is 1.40. The number of piperazine rings is 1. The average Bonchev–Trinajstić information content (AvgIpc) is 2.79. The minimum atomic E-state index is -0.475. The van der Waals surface area contributed by atoms with Gasteiger partial charge in [0.2, 0.25) is 0 Å². The SMILES string of the molecule is COc1ccccc1C(=O)N1CCN(CC2CN(CC(O)COCC(C)C)CCO2)CC1. The number of hydrogen-bond acceptors (Lipinski definition) is 7. The molecule has 1 amide bonds. The molecule has 0 aromatic heterocycles. The summed E-state index contributed by atoms with van der Waals surface area (Å²) >= 11 is 0. The molecule has 2 fully saturated rings. The number of methoxy groups -OCH3 is 1. The number of ether oxygens (including phenoxy) is 3. The molecule has 2 atom stereocenters. The van der Waals surface area contributed by atoms with Gasteiger partial charge in [-0.3, -0.25) is 14.6 Å². The summed E-state index contributed by atoms with van der Waals surface area (Å²) in [6.45, 7) is 12.1. The highest BCUT2D eigenvalue weighted by molar-refractivity contribution is 5.97. The van der Waals surface area contributed by atoms with Crippen molar-refractivity contribution in [2.75, 3.05) is 79.3 Å². The zero-order chi connectivity index (χ0) is 22.9. The standard InChI is InChI=1S/C24H39N3O5/c1-19(2)17-31-18-20(28)14-26-12-13-32-21(16-26)15-25-8-10-27(11-9-25)24(29)22-6-4-5-7-23(22)30-3/h4-7,19-21,28H,8-18H2,1-3H3. The first-order chi connectivity index (χ1) is 15.5. The topological polar surface area (TPSA) is 74.7 Å². The van der Waals surface area contributed by atoms with Crippen molar-refractivity contribution in [2.45, 2.75) is 26.1 Å². The lowest BCUT2D eigenvalue weighted by molar-refractivity contribution is -0.0644. The maximum Gasteiger partial charge on any atom is 0.257 e. The van der Waals surface area contributed by atoms with Crippen molar-refractivity contribution < 1.29 is 24.1 Å². The van der Waals surface area contributed by atoms with E-state index in [1.54, 1.807) is 7.11 Å². The van der Waals surface area contributed by atoms with Crippen LogP contribution in [0, 0.1) is 5.92 Å². The summed E-state index contributed by atoms with van der Waals surface area (Å²) in [6, 6.07) is 7.38. The number of nitrogens with zero attached hydrogens (tertiary/aromatic N) is 3. The Morgan fingerprint density at radius 3 is 2.59 bits per heavy atom. The monoisotopic (exact) mass is 449 g/mol. The second-order valence-electron chi connectivity index (χ2n) is 9.13. The Kier molecular flexibility index (Phi) is 9.74. The Bertz CT molecular complexity index is 709. The number of rotatable bonds is 10. The molecule has 2 unspecified atom stereocenters. The van der Waals surface area contributed by atoms with Gasteiger partial charge in [-0.15, -0.1) is 0 Å². The van der Waals surface area contributed by atoms with E-state index in [-0.39, 0.29) is 12.0 Å². The summed E-state index contributed by atoms with van der Waals surface area (Å²) < 4.78 is 16.9. The lowest BCUT2D eigenvalue weighted by atomic mass is 10.1. The predicted molar refractivity (Wildman–Crippen MR) is 123 cm³/mol. The molecule has 180 valence electrons. The van der Waals surface area contributed by atoms with Gasteiger partial charge in [-0.05, 0) is 18.1 Å². The number of hydrogen-bond donors (Lipinski definition) is 1. The third kappa shape index (κ3) is 7.42. The molecule has 0 bridgehead atoms. The second kappa shape index (κ2) is 12.5. The quantitative estimate of drug-likeness (QED) is 0.575. The van der Waals surface area contributed by atoms with Crippen LogP contribution in [0.3, 0.4) is 0 Å². The fourth-order valence-electron chi connectivity index (χ4n) is 4.26.